The minimum absolute atomic E-state index is 0.0453. The largest absolute Gasteiger partial charge is 0.457 e. The monoisotopic (exact) mass is 311 g/mol. The number of hydrogen-bond acceptors (Lipinski definition) is 5. The molecule has 1 aromatic carbocycles. The molecule has 2 aromatic rings. The highest BCUT2D eigenvalue weighted by Gasteiger charge is 2.12. The molecule has 1 heterocycles. The van der Waals surface area contributed by atoms with Crippen LogP contribution in [-0.2, 0) is 4.79 Å². The molecular weight excluding hydrogens is 298 g/mol. The predicted molar refractivity (Wildman–Crippen MR) is 83.1 cm³/mol. The Morgan fingerprint density at radius 2 is 2.22 bits per heavy atom. The Kier molecular flexibility index (Phi) is 4.89. The van der Waals surface area contributed by atoms with Crippen LogP contribution < -0.4 is 5.32 Å². The normalized spacial score (nSPS) is 10.9. The number of rotatable bonds is 5. The van der Waals surface area contributed by atoms with Gasteiger partial charge in [0.1, 0.15) is 23.2 Å². The molecule has 0 aliphatic rings. The van der Waals surface area contributed by atoms with Gasteiger partial charge in [-0.3, -0.25) is 14.9 Å². The molecule has 0 unspecified atom stereocenters. The molecule has 7 nitrogen and oxygen atoms in total. The first kappa shape index (κ1) is 16.0. The van der Waals surface area contributed by atoms with Crippen LogP contribution in [0, 0.1) is 21.4 Å². The summed E-state index contributed by atoms with van der Waals surface area (Å²) < 4.78 is 5.53. The van der Waals surface area contributed by atoms with Gasteiger partial charge in [-0.05, 0) is 19.1 Å². The number of nitriles is 1. The summed E-state index contributed by atoms with van der Waals surface area (Å²) in [6, 6.07) is 11.0. The number of nitrogens with one attached hydrogen (secondary N) is 1. The van der Waals surface area contributed by atoms with Crippen LogP contribution in [0.2, 0.25) is 0 Å². The van der Waals surface area contributed by atoms with E-state index < -0.39 is 10.8 Å². The summed E-state index contributed by atoms with van der Waals surface area (Å²) in [5.74, 6) is 0.241. The van der Waals surface area contributed by atoms with Gasteiger partial charge < -0.3 is 9.73 Å². The third-order valence-corrected chi connectivity index (χ3v) is 2.96. The number of hydrogen-bond donors (Lipinski definition) is 1. The van der Waals surface area contributed by atoms with Crippen LogP contribution in [0.4, 0.5) is 5.69 Å². The van der Waals surface area contributed by atoms with E-state index >= 15 is 0 Å². The Morgan fingerprint density at radius 1 is 1.43 bits per heavy atom. The Balaban J connectivity index is 2.30. The summed E-state index contributed by atoms with van der Waals surface area (Å²) in [4.78, 5) is 22.0. The average molecular weight is 311 g/mol. The summed E-state index contributed by atoms with van der Waals surface area (Å²) in [6.07, 6.45) is 1.33. The molecule has 0 radical (unpaired) electrons. The lowest BCUT2D eigenvalue weighted by molar-refractivity contribution is -0.384. The second-order valence-corrected chi connectivity index (χ2v) is 4.54. The Bertz CT molecular complexity index is 815. The maximum atomic E-state index is 11.7. The van der Waals surface area contributed by atoms with Gasteiger partial charge in [-0.2, -0.15) is 5.26 Å². The number of non-ortho nitro benzene ring substituents is 1. The number of benzene rings is 1. The van der Waals surface area contributed by atoms with E-state index in [4.69, 9.17) is 9.68 Å². The smallest absolute Gasteiger partial charge is 0.270 e. The number of likely N-dealkylation sites (N-methyl/N-ethyl adjacent to an activating group) is 1. The van der Waals surface area contributed by atoms with Crippen molar-refractivity contribution in [2.45, 2.75) is 6.92 Å². The van der Waals surface area contributed by atoms with Crippen LogP contribution in [0.25, 0.3) is 17.4 Å². The van der Waals surface area contributed by atoms with Crippen LogP contribution in [-0.4, -0.2) is 17.4 Å². The van der Waals surface area contributed by atoms with Crippen LogP contribution in [0.3, 0.4) is 0 Å². The van der Waals surface area contributed by atoms with Gasteiger partial charge in [0.25, 0.3) is 11.6 Å². The first-order chi connectivity index (χ1) is 11.0. The number of nitro groups is 1. The summed E-state index contributed by atoms with van der Waals surface area (Å²) in [6.45, 7) is 2.16. The molecule has 7 heteroatoms. The van der Waals surface area contributed by atoms with Gasteiger partial charge in [0.2, 0.25) is 0 Å². The lowest BCUT2D eigenvalue weighted by Crippen LogP contribution is -2.23. The van der Waals surface area contributed by atoms with E-state index in [1.165, 1.54) is 18.2 Å². The van der Waals surface area contributed by atoms with E-state index in [0.29, 0.717) is 23.6 Å². The van der Waals surface area contributed by atoms with Gasteiger partial charge in [0, 0.05) is 30.3 Å². The zero-order valence-corrected chi connectivity index (χ0v) is 12.3. The molecule has 1 aromatic heterocycles. The van der Waals surface area contributed by atoms with E-state index in [0.717, 1.165) is 0 Å². The highest BCUT2D eigenvalue weighted by atomic mass is 16.6. The zero-order chi connectivity index (χ0) is 16.8. The number of furan rings is 1. The standard InChI is InChI=1S/C16H13N3O4/c1-2-18-16(20)12(10-17)9-14-6-7-15(23-14)11-4-3-5-13(8-11)19(21)22/h3-9H,2H2,1H3,(H,18,20). The number of carbonyl (C=O) groups is 1. The van der Waals surface area contributed by atoms with Gasteiger partial charge in [0.15, 0.2) is 0 Å². The van der Waals surface area contributed by atoms with Crippen molar-refractivity contribution in [2.24, 2.45) is 0 Å². The molecule has 0 aliphatic heterocycles. The topological polar surface area (TPSA) is 109 Å². The molecule has 0 fully saturated rings. The number of carbonyl (C=O) groups excluding carboxylic acids is 1. The van der Waals surface area contributed by atoms with Gasteiger partial charge in [0.05, 0.1) is 4.92 Å². The third-order valence-electron chi connectivity index (χ3n) is 2.96. The van der Waals surface area contributed by atoms with E-state index in [1.807, 2.05) is 6.07 Å². The minimum atomic E-state index is -0.490. The maximum absolute atomic E-state index is 11.7. The quantitative estimate of drug-likeness (QED) is 0.395. The molecule has 0 aliphatic carbocycles. The fourth-order valence-electron chi connectivity index (χ4n) is 1.90. The number of nitro benzene ring substituents is 1. The highest BCUT2D eigenvalue weighted by Crippen LogP contribution is 2.26. The molecule has 116 valence electrons. The maximum Gasteiger partial charge on any atom is 0.270 e. The first-order valence-electron chi connectivity index (χ1n) is 6.79. The van der Waals surface area contributed by atoms with Crippen LogP contribution in [0.1, 0.15) is 12.7 Å². The van der Waals surface area contributed by atoms with Crippen molar-refractivity contribution in [2.75, 3.05) is 6.54 Å². The molecule has 23 heavy (non-hydrogen) atoms. The second-order valence-electron chi connectivity index (χ2n) is 4.54. The van der Waals surface area contributed by atoms with E-state index in [2.05, 4.69) is 5.32 Å². The van der Waals surface area contributed by atoms with Gasteiger partial charge in [-0.15, -0.1) is 0 Å². The summed E-state index contributed by atoms with van der Waals surface area (Å²) >= 11 is 0. The first-order valence-corrected chi connectivity index (χ1v) is 6.79. The van der Waals surface area contributed by atoms with Crippen molar-refractivity contribution >= 4 is 17.7 Å². The van der Waals surface area contributed by atoms with Crippen molar-refractivity contribution < 1.29 is 14.1 Å². The SMILES string of the molecule is CCNC(=O)C(C#N)=Cc1ccc(-c2cccc([N+](=O)[O-])c2)o1. The van der Waals surface area contributed by atoms with Crippen molar-refractivity contribution in [1.82, 2.24) is 5.32 Å². The van der Waals surface area contributed by atoms with E-state index in [9.17, 15) is 14.9 Å². The van der Waals surface area contributed by atoms with Crippen LogP contribution in [0.15, 0.2) is 46.4 Å². The molecule has 1 N–H and O–H groups in total. The molecule has 2 rings (SSSR count). The summed E-state index contributed by atoms with van der Waals surface area (Å²) in [5.41, 5.74) is 0.415. The average Bonchev–Trinajstić information content (AvgIpc) is 3.01. The lowest BCUT2D eigenvalue weighted by atomic mass is 10.1. The van der Waals surface area contributed by atoms with Crippen LogP contribution in [0.5, 0.6) is 0 Å². The van der Waals surface area contributed by atoms with Crippen molar-refractivity contribution in [3.05, 3.63) is 57.8 Å². The van der Waals surface area contributed by atoms with Gasteiger partial charge in [-0.25, -0.2) is 0 Å². The van der Waals surface area contributed by atoms with Gasteiger partial charge in [-0.1, -0.05) is 12.1 Å². The number of amides is 1. The fourth-order valence-corrected chi connectivity index (χ4v) is 1.90. The van der Waals surface area contributed by atoms with Crippen molar-refractivity contribution in [3.63, 3.8) is 0 Å². The van der Waals surface area contributed by atoms with E-state index in [1.54, 1.807) is 31.2 Å². The molecule has 0 bridgehead atoms. The molecule has 0 saturated carbocycles. The summed E-state index contributed by atoms with van der Waals surface area (Å²) in [5, 5.41) is 22.3. The van der Waals surface area contributed by atoms with Crippen molar-refractivity contribution in [3.8, 4) is 17.4 Å². The Hall–Kier alpha value is -3.40. The zero-order valence-electron chi connectivity index (χ0n) is 12.3. The molecule has 0 atom stereocenters. The molecule has 0 spiro atoms. The highest BCUT2D eigenvalue weighted by molar-refractivity contribution is 6.01. The second kappa shape index (κ2) is 7.04. The van der Waals surface area contributed by atoms with Gasteiger partial charge >= 0.3 is 0 Å². The number of nitrogens with zero attached hydrogens (tertiary/aromatic N) is 2. The molecule has 0 saturated heterocycles. The Morgan fingerprint density at radius 3 is 2.87 bits per heavy atom. The Labute approximate surface area is 132 Å². The van der Waals surface area contributed by atoms with Crippen LogP contribution >= 0.6 is 0 Å². The fraction of sp³-hybridized carbons (Fsp3) is 0.125. The van der Waals surface area contributed by atoms with Crippen molar-refractivity contribution in [1.29, 1.82) is 5.26 Å². The summed E-state index contributed by atoms with van der Waals surface area (Å²) in [7, 11) is 0. The third kappa shape index (κ3) is 3.83. The lowest BCUT2D eigenvalue weighted by Gasteiger charge is -1.99. The molecular formula is C16H13N3O4. The van der Waals surface area contributed by atoms with E-state index in [-0.39, 0.29) is 11.3 Å². The molecule has 1 amide bonds. The predicted octanol–water partition coefficient (Wildman–Crippen LogP) is 2.90. The minimum Gasteiger partial charge on any atom is -0.457 e.